The van der Waals surface area contributed by atoms with Crippen molar-refractivity contribution in [2.75, 3.05) is 14.2 Å². The monoisotopic (exact) mass is 348 g/mol. The molecule has 2 aromatic carbocycles. The Kier molecular flexibility index (Phi) is 5.04. The Hall–Kier alpha value is -3.13. The molecule has 132 valence electrons. The molecule has 0 N–H and O–H groups in total. The molecule has 0 saturated carbocycles. The van der Waals surface area contributed by atoms with Gasteiger partial charge in [-0.15, -0.1) is 0 Å². The number of para-hydroxylation sites is 2. The zero-order valence-electron chi connectivity index (χ0n) is 14.9. The van der Waals surface area contributed by atoms with Gasteiger partial charge in [-0.3, -0.25) is 4.79 Å². The van der Waals surface area contributed by atoms with Crippen molar-refractivity contribution in [1.82, 2.24) is 0 Å². The minimum atomic E-state index is -0.732. The van der Waals surface area contributed by atoms with Crippen LogP contribution in [0.3, 0.4) is 0 Å². The first kappa shape index (κ1) is 17.7. The summed E-state index contributed by atoms with van der Waals surface area (Å²) in [6.45, 7) is 0. The van der Waals surface area contributed by atoms with Crippen molar-refractivity contribution in [2.45, 2.75) is 24.7 Å². The normalized spacial score (nSPS) is 18.3. The Morgan fingerprint density at radius 2 is 1.92 bits per heavy atom. The second-order valence-corrected chi connectivity index (χ2v) is 6.24. The summed E-state index contributed by atoms with van der Waals surface area (Å²) in [5.41, 5.74) is 2.37. The number of aliphatic imine (C=N–C) groups is 1. The Balaban J connectivity index is 2.18. The molecule has 3 rings (SSSR count). The molecule has 2 aromatic rings. The zero-order valence-corrected chi connectivity index (χ0v) is 14.9. The smallest absolute Gasteiger partial charge is 0.305 e. The molecule has 1 heterocycles. The number of benzene rings is 2. The van der Waals surface area contributed by atoms with Crippen molar-refractivity contribution in [3.8, 4) is 11.8 Å². The maximum Gasteiger partial charge on any atom is 0.305 e. The van der Waals surface area contributed by atoms with Crippen LogP contribution in [0.5, 0.6) is 5.75 Å². The number of nitrogens with zero attached hydrogens (tertiary/aromatic N) is 2. The molecule has 0 fully saturated rings. The van der Waals surface area contributed by atoms with Crippen molar-refractivity contribution in [2.24, 2.45) is 4.99 Å². The highest BCUT2D eigenvalue weighted by Gasteiger charge is 2.43. The molecule has 1 aliphatic rings. The van der Waals surface area contributed by atoms with E-state index < -0.39 is 5.41 Å². The number of nitriles is 1. The fourth-order valence-electron chi connectivity index (χ4n) is 3.56. The third kappa shape index (κ3) is 3.06. The molecule has 0 aromatic heterocycles. The number of esters is 1. The van der Waals surface area contributed by atoms with Crippen LogP contribution in [0, 0.1) is 11.3 Å². The first-order chi connectivity index (χ1) is 12.6. The minimum absolute atomic E-state index is 0.192. The lowest BCUT2D eigenvalue weighted by molar-refractivity contribution is -0.140. The van der Waals surface area contributed by atoms with Crippen LogP contribution >= 0.6 is 0 Å². The number of carbonyl (C=O) groups is 1. The highest BCUT2D eigenvalue weighted by atomic mass is 16.5. The summed E-state index contributed by atoms with van der Waals surface area (Å²) < 4.78 is 10.4. The van der Waals surface area contributed by atoms with Crippen molar-refractivity contribution in [3.63, 3.8) is 0 Å². The second-order valence-electron chi connectivity index (χ2n) is 6.24. The molecule has 0 spiro atoms. The van der Waals surface area contributed by atoms with Gasteiger partial charge in [-0.05, 0) is 30.5 Å². The number of ether oxygens (including phenoxy) is 2. The fourth-order valence-corrected chi connectivity index (χ4v) is 3.56. The topological polar surface area (TPSA) is 71.7 Å². The number of methoxy groups -OCH3 is 2. The van der Waals surface area contributed by atoms with E-state index in [1.807, 2.05) is 48.5 Å². The summed E-state index contributed by atoms with van der Waals surface area (Å²) in [5, 5.41) is 9.86. The third-order valence-corrected chi connectivity index (χ3v) is 4.88. The lowest BCUT2D eigenvalue weighted by Crippen LogP contribution is -2.40. The largest absolute Gasteiger partial charge is 0.496 e. The number of rotatable bonds is 5. The number of fused-ring (bicyclic) bond motifs is 1. The van der Waals surface area contributed by atoms with E-state index in [1.165, 1.54) is 7.11 Å². The van der Waals surface area contributed by atoms with Gasteiger partial charge in [0.15, 0.2) is 0 Å². The predicted octanol–water partition coefficient (Wildman–Crippen LogP) is 3.74. The van der Waals surface area contributed by atoms with Crippen LogP contribution in [-0.4, -0.2) is 25.9 Å². The molecule has 5 heteroatoms. The highest BCUT2D eigenvalue weighted by Crippen LogP contribution is 2.44. The molecule has 0 saturated heterocycles. The van der Waals surface area contributed by atoms with Gasteiger partial charge in [-0.1, -0.05) is 36.4 Å². The van der Waals surface area contributed by atoms with Gasteiger partial charge in [0, 0.05) is 12.0 Å². The summed E-state index contributed by atoms with van der Waals surface area (Å²) in [5.74, 6) is 0.370. The molecular weight excluding hydrogens is 328 g/mol. The Bertz CT molecular complexity index is 898. The van der Waals surface area contributed by atoms with Gasteiger partial charge in [-0.25, -0.2) is 4.99 Å². The van der Waals surface area contributed by atoms with Gasteiger partial charge in [0.05, 0.1) is 25.3 Å². The van der Waals surface area contributed by atoms with Gasteiger partial charge < -0.3 is 9.47 Å². The van der Waals surface area contributed by atoms with Crippen molar-refractivity contribution >= 4 is 17.4 Å². The predicted molar refractivity (Wildman–Crippen MR) is 98.8 cm³/mol. The van der Waals surface area contributed by atoms with E-state index >= 15 is 0 Å². The Morgan fingerprint density at radius 1 is 1.19 bits per heavy atom. The summed E-state index contributed by atoms with van der Waals surface area (Å²) >= 11 is 0. The second kappa shape index (κ2) is 7.40. The van der Waals surface area contributed by atoms with Crippen LogP contribution in [0.15, 0.2) is 53.5 Å². The molecule has 1 aliphatic heterocycles. The minimum Gasteiger partial charge on any atom is -0.496 e. The van der Waals surface area contributed by atoms with E-state index in [0.29, 0.717) is 24.3 Å². The van der Waals surface area contributed by atoms with Crippen LogP contribution in [0.25, 0.3) is 0 Å². The quantitative estimate of drug-likeness (QED) is 0.772. The highest BCUT2D eigenvalue weighted by molar-refractivity contribution is 6.09. The zero-order chi connectivity index (χ0) is 18.6. The van der Waals surface area contributed by atoms with Gasteiger partial charge in [0.2, 0.25) is 0 Å². The number of hydrogen-bond donors (Lipinski definition) is 0. The fraction of sp³-hybridized carbons (Fsp3) is 0.286. The van der Waals surface area contributed by atoms with Crippen LogP contribution in [0.4, 0.5) is 5.69 Å². The van der Waals surface area contributed by atoms with Crippen LogP contribution in [0.1, 0.15) is 24.0 Å². The molecule has 0 amide bonds. The number of carbonyl (C=O) groups excluding carboxylic acids is 1. The molecule has 1 unspecified atom stereocenters. The average molecular weight is 348 g/mol. The molecule has 0 bridgehead atoms. The average Bonchev–Trinajstić information content (AvgIpc) is 2.70. The van der Waals surface area contributed by atoms with E-state index in [2.05, 4.69) is 11.1 Å². The molecular formula is C21H20N2O3. The van der Waals surface area contributed by atoms with E-state index in [1.54, 1.807) is 7.11 Å². The van der Waals surface area contributed by atoms with E-state index in [0.717, 1.165) is 16.8 Å². The Labute approximate surface area is 152 Å². The van der Waals surface area contributed by atoms with Crippen LogP contribution in [0.2, 0.25) is 0 Å². The lowest BCUT2D eigenvalue weighted by Gasteiger charge is -2.37. The van der Waals surface area contributed by atoms with E-state index in [9.17, 15) is 10.1 Å². The SMILES string of the molecule is COC(=O)CCC1(c2ccccc2OC)Cc2ccccc2N=C1C#N. The molecule has 5 nitrogen and oxygen atoms in total. The lowest BCUT2D eigenvalue weighted by atomic mass is 9.67. The summed E-state index contributed by atoms with van der Waals surface area (Å²) in [7, 11) is 2.97. The summed E-state index contributed by atoms with van der Waals surface area (Å²) in [6, 6.07) is 17.6. The van der Waals surface area contributed by atoms with Crippen molar-refractivity contribution < 1.29 is 14.3 Å². The van der Waals surface area contributed by atoms with Gasteiger partial charge in [0.25, 0.3) is 0 Å². The van der Waals surface area contributed by atoms with E-state index in [4.69, 9.17) is 9.47 Å². The van der Waals surface area contributed by atoms with E-state index in [-0.39, 0.29) is 12.4 Å². The first-order valence-electron chi connectivity index (χ1n) is 8.42. The number of hydrogen-bond acceptors (Lipinski definition) is 5. The van der Waals surface area contributed by atoms with Gasteiger partial charge in [0.1, 0.15) is 17.5 Å². The summed E-state index contributed by atoms with van der Waals surface area (Å²) in [4.78, 5) is 16.5. The maximum absolute atomic E-state index is 11.8. The molecule has 26 heavy (non-hydrogen) atoms. The molecule has 1 atom stereocenters. The van der Waals surface area contributed by atoms with Crippen molar-refractivity contribution in [1.29, 1.82) is 5.26 Å². The van der Waals surface area contributed by atoms with Gasteiger partial charge >= 0.3 is 5.97 Å². The van der Waals surface area contributed by atoms with Crippen LogP contribution in [-0.2, 0) is 21.4 Å². The maximum atomic E-state index is 11.8. The molecule has 0 aliphatic carbocycles. The summed E-state index contributed by atoms with van der Waals surface area (Å²) in [6.07, 6.45) is 1.19. The standard InChI is InChI=1S/C21H20N2O3/c1-25-18-10-6-4-8-16(18)21(12-11-20(24)26-2)13-15-7-3-5-9-17(15)23-19(21)14-22/h3-10H,11-13H2,1-2H3. The van der Waals surface area contributed by atoms with Crippen molar-refractivity contribution in [3.05, 3.63) is 59.7 Å². The first-order valence-corrected chi connectivity index (χ1v) is 8.42. The van der Waals surface area contributed by atoms with Crippen LogP contribution < -0.4 is 4.74 Å². The Morgan fingerprint density at radius 3 is 2.65 bits per heavy atom. The molecule has 0 radical (unpaired) electrons. The third-order valence-electron chi connectivity index (χ3n) is 4.88. The van der Waals surface area contributed by atoms with Gasteiger partial charge in [-0.2, -0.15) is 5.26 Å².